The van der Waals surface area contributed by atoms with Crippen molar-refractivity contribution in [3.63, 3.8) is 0 Å². The number of anilines is 3. The molecule has 1 aromatic heterocycles. The number of allylic oxidation sites excluding steroid dienone is 8. The number of hydrogen-bond acceptors (Lipinski definition) is 2. The third-order valence-corrected chi connectivity index (χ3v) is 11.1. The summed E-state index contributed by atoms with van der Waals surface area (Å²) in [6.07, 6.45) is 16.4. The van der Waals surface area contributed by atoms with Gasteiger partial charge < -0.3 is 9.32 Å². The molecular formula is C52H39NO. The lowest BCUT2D eigenvalue weighted by molar-refractivity contribution is 0.665. The van der Waals surface area contributed by atoms with Gasteiger partial charge in [-0.2, -0.15) is 0 Å². The molecule has 0 amide bonds. The number of rotatable bonds is 7. The third-order valence-electron chi connectivity index (χ3n) is 11.1. The van der Waals surface area contributed by atoms with E-state index in [9.17, 15) is 0 Å². The molecule has 8 aromatic rings. The van der Waals surface area contributed by atoms with Crippen LogP contribution in [0.2, 0.25) is 0 Å². The van der Waals surface area contributed by atoms with E-state index in [1.54, 1.807) is 0 Å². The topological polar surface area (TPSA) is 16.4 Å². The summed E-state index contributed by atoms with van der Waals surface area (Å²) in [6.45, 7) is 0. The van der Waals surface area contributed by atoms with Crippen LogP contribution < -0.4 is 4.90 Å². The van der Waals surface area contributed by atoms with E-state index in [0.29, 0.717) is 0 Å². The van der Waals surface area contributed by atoms with Crippen molar-refractivity contribution >= 4 is 60.9 Å². The van der Waals surface area contributed by atoms with E-state index in [1.807, 2.05) is 0 Å². The van der Waals surface area contributed by atoms with Gasteiger partial charge in [0.25, 0.3) is 0 Å². The summed E-state index contributed by atoms with van der Waals surface area (Å²) in [4.78, 5) is 2.43. The number of benzene rings is 7. The summed E-state index contributed by atoms with van der Waals surface area (Å²) in [5, 5.41) is 4.78. The van der Waals surface area contributed by atoms with Crippen molar-refractivity contribution in [2.24, 2.45) is 0 Å². The highest BCUT2D eigenvalue weighted by Crippen LogP contribution is 2.46. The first kappa shape index (κ1) is 32.0. The van der Waals surface area contributed by atoms with Crippen LogP contribution in [0.5, 0.6) is 0 Å². The molecule has 2 heteroatoms. The number of fused-ring (bicyclic) bond motifs is 4. The van der Waals surface area contributed by atoms with E-state index in [4.69, 9.17) is 4.42 Å². The Morgan fingerprint density at radius 1 is 0.519 bits per heavy atom. The lowest BCUT2D eigenvalue weighted by atomic mass is 9.81. The van der Waals surface area contributed by atoms with Crippen molar-refractivity contribution < 1.29 is 4.42 Å². The van der Waals surface area contributed by atoms with E-state index in [0.717, 1.165) is 53.1 Å². The fourth-order valence-corrected chi connectivity index (χ4v) is 8.52. The molecule has 1 heterocycles. The third kappa shape index (κ3) is 5.68. The summed E-state index contributed by atoms with van der Waals surface area (Å²) in [5.74, 6) is 0.157. The van der Waals surface area contributed by atoms with E-state index in [-0.39, 0.29) is 5.92 Å². The molecule has 7 aromatic carbocycles. The van der Waals surface area contributed by atoms with E-state index >= 15 is 0 Å². The maximum Gasteiger partial charge on any atom is 0.142 e. The summed E-state index contributed by atoms with van der Waals surface area (Å²) < 4.78 is 6.93. The molecule has 0 N–H and O–H groups in total. The van der Waals surface area contributed by atoms with Crippen LogP contribution in [0.3, 0.4) is 0 Å². The van der Waals surface area contributed by atoms with Gasteiger partial charge in [-0.15, -0.1) is 0 Å². The molecule has 1 atom stereocenters. The predicted octanol–water partition coefficient (Wildman–Crippen LogP) is 14.7. The van der Waals surface area contributed by atoms with Crippen molar-refractivity contribution in [3.05, 3.63) is 211 Å². The Labute approximate surface area is 316 Å². The van der Waals surface area contributed by atoms with Gasteiger partial charge in [-0.3, -0.25) is 0 Å². The van der Waals surface area contributed by atoms with Crippen LogP contribution in [-0.4, -0.2) is 0 Å². The Morgan fingerprint density at radius 3 is 2.04 bits per heavy atom. The largest absolute Gasteiger partial charge is 0.455 e. The van der Waals surface area contributed by atoms with E-state index < -0.39 is 0 Å². The van der Waals surface area contributed by atoms with Gasteiger partial charge in [0.15, 0.2) is 0 Å². The van der Waals surface area contributed by atoms with Gasteiger partial charge in [0.2, 0.25) is 0 Å². The molecule has 10 rings (SSSR count). The van der Waals surface area contributed by atoms with E-state index in [1.165, 1.54) is 54.9 Å². The second kappa shape index (κ2) is 13.7. The number of para-hydroxylation sites is 2. The van der Waals surface area contributed by atoms with Gasteiger partial charge in [-0.1, -0.05) is 164 Å². The van der Waals surface area contributed by atoms with Crippen LogP contribution in [-0.2, 0) is 0 Å². The first-order valence-electron chi connectivity index (χ1n) is 19.0. The highest BCUT2D eigenvalue weighted by molar-refractivity contribution is 6.11. The molecule has 258 valence electrons. The predicted molar refractivity (Wildman–Crippen MR) is 229 cm³/mol. The van der Waals surface area contributed by atoms with Gasteiger partial charge in [0, 0.05) is 44.6 Å². The van der Waals surface area contributed by atoms with Gasteiger partial charge in [-0.05, 0) is 82.8 Å². The van der Waals surface area contributed by atoms with Gasteiger partial charge in [-0.25, -0.2) is 0 Å². The minimum absolute atomic E-state index is 0.157. The van der Waals surface area contributed by atoms with Crippen LogP contribution in [0.15, 0.2) is 199 Å². The second-order valence-corrected chi connectivity index (χ2v) is 14.3. The van der Waals surface area contributed by atoms with Crippen LogP contribution in [0.4, 0.5) is 17.1 Å². The zero-order valence-electron chi connectivity index (χ0n) is 30.0. The fraction of sp³-hybridized carbons (Fsp3) is 0.0769. The molecule has 2 aliphatic rings. The van der Waals surface area contributed by atoms with Gasteiger partial charge in [0.1, 0.15) is 11.2 Å². The van der Waals surface area contributed by atoms with Crippen LogP contribution in [0.25, 0.3) is 55.0 Å². The maximum absolute atomic E-state index is 6.93. The lowest BCUT2D eigenvalue weighted by Gasteiger charge is -2.29. The number of hydrogen-bond donors (Lipinski definition) is 0. The van der Waals surface area contributed by atoms with Crippen molar-refractivity contribution in [3.8, 4) is 11.1 Å². The Morgan fingerprint density at radius 2 is 1.19 bits per heavy atom. The summed E-state index contributed by atoms with van der Waals surface area (Å²) in [5.41, 5.74) is 14.0. The molecule has 0 fully saturated rings. The highest BCUT2D eigenvalue weighted by Gasteiger charge is 2.25. The molecule has 2 aliphatic carbocycles. The SMILES string of the molecule is C1=CCCC(c2cccc3c2oc2c(C4=CC=CCC4c4cccc(N(c5cccc(-c6ccccc6)c5)c5cccc6ccccc56)c4)cccc23)=C1. The minimum atomic E-state index is 0.157. The van der Waals surface area contributed by atoms with Crippen molar-refractivity contribution in [1.82, 2.24) is 0 Å². The van der Waals surface area contributed by atoms with Crippen LogP contribution >= 0.6 is 0 Å². The number of furan rings is 1. The van der Waals surface area contributed by atoms with Crippen molar-refractivity contribution in [2.75, 3.05) is 4.90 Å². The maximum atomic E-state index is 6.93. The molecule has 54 heavy (non-hydrogen) atoms. The summed E-state index contributed by atoms with van der Waals surface area (Å²) in [7, 11) is 0. The molecule has 0 saturated heterocycles. The number of nitrogens with zero attached hydrogens (tertiary/aromatic N) is 1. The fourth-order valence-electron chi connectivity index (χ4n) is 8.52. The lowest BCUT2D eigenvalue weighted by Crippen LogP contribution is -2.12. The highest BCUT2D eigenvalue weighted by atomic mass is 16.3. The first-order valence-corrected chi connectivity index (χ1v) is 19.0. The Bertz CT molecular complexity index is 2810. The van der Waals surface area contributed by atoms with Gasteiger partial charge >= 0.3 is 0 Å². The standard InChI is InChI=1S/C52H39NO/c1-3-16-36(17-4-1)39-22-11-24-41(34-39)53(50-33-13-21-37-20-7-8-27-44(37)50)42-25-12-23-40(35-42)43-26-9-10-28-46(43)47-30-15-32-49-48-31-14-29-45(51(48)54-52(47)49)38-18-5-2-6-19-38/h1-5,7-18,20-25,27-35,43H,6,19,26H2. The monoisotopic (exact) mass is 693 g/mol. The Balaban J connectivity index is 1.10. The molecule has 0 aliphatic heterocycles. The molecule has 0 radical (unpaired) electrons. The smallest absolute Gasteiger partial charge is 0.142 e. The molecule has 0 bridgehead atoms. The zero-order valence-corrected chi connectivity index (χ0v) is 30.0. The average Bonchev–Trinajstić information content (AvgIpc) is 3.64. The average molecular weight is 694 g/mol. The Hall–Kier alpha value is -6.64. The summed E-state index contributed by atoms with van der Waals surface area (Å²) >= 11 is 0. The minimum Gasteiger partial charge on any atom is -0.455 e. The molecule has 1 unspecified atom stereocenters. The first-order chi connectivity index (χ1) is 26.8. The second-order valence-electron chi connectivity index (χ2n) is 14.3. The van der Waals surface area contributed by atoms with Gasteiger partial charge in [0.05, 0.1) is 5.69 Å². The molecular weight excluding hydrogens is 655 g/mol. The molecule has 2 nitrogen and oxygen atoms in total. The van der Waals surface area contributed by atoms with Crippen LogP contribution in [0, 0.1) is 0 Å². The van der Waals surface area contributed by atoms with E-state index in [2.05, 4.69) is 199 Å². The summed E-state index contributed by atoms with van der Waals surface area (Å²) in [6, 6.07) is 57.3. The normalized spacial score (nSPS) is 15.4. The Kier molecular flexibility index (Phi) is 8.15. The van der Waals surface area contributed by atoms with Crippen molar-refractivity contribution in [1.29, 1.82) is 0 Å². The molecule has 0 spiro atoms. The van der Waals surface area contributed by atoms with Crippen LogP contribution in [0.1, 0.15) is 41.9 Å². The quantitative estimate of drug-likeness (QED) is 0.165. The molecule has 0 saturated carbocycles. The van der Waals surface area contributed by atoms with Crippen molar-refractivity contribution in [2.45, 2.75) is 25.2 Å². The zero-order chi connectivity index (χ0) is 35.8.